The van der Waals surface area contributed by atoms with Crippen molar-refractivity contribution in [2.45, 2.75) is 13.0 Å². The molecule has 18 heavy (non-hydrogen) atoms. The maximum absolute atomic E-state index is 5.73. The minimum absolute atomic E-state index is 0.0520. The molecular weight excluding hydrogens is 242 g/mol. The first kappa shape index (κ1) is 13.1. The zero-order valence-electron chi connectivity index (χ0n) is 11.0. The average molecular weight is 261 g/mol. The van der Waals surface area contributed by atoms with Crippen LogP contribution in [0.4, 0.5) is 5.69 Å². The molecule has 3 N–H and O–H groups in total. The molecular formula is C14H19N3S. The first-order valence-electron chi connectivity index (χ1n) is 5.91. The predicted octanol–water partition coefficient (Wildman–Crippen LogP) is 2.68. The van der Waals surface area contributed by atoms with E-state index in [1.54, 1.807) is 11.3 Å². The van der Waals surface area contributed by atoms with Gasteiger partial charge in [-0.05, 0) is 41.6 Å². The van der Waals surface area contributed by atoms with Crippen LogP contribution in [-0.4, -0.2) is 14.1 Å². The van der Waals surface area contributed by atoms with Gasteiger partial charge in [0.15, 0.2) is 0 Å². The molecule has 0 aliphatic rings. The molecule has 0 aliphatic carbocycles. The van der Waals surface area contributed by atoms with E-state index < -0.39 is 0 Å². The normalized spacial score (nSPS) is 12.4. The topological polar surface area (TPSA) is 41.3 Å². The third-order valence-electron chi connectivity index (χ3n) is 3.10. The van der Waals surface area contributed by atoms with E-state index in [0.29, 0.717) is 0 Å². The lowest BCUT2D eigenvalue weighted by Gasteiger charge is -2.19. The van der Waals surface area contributed by atoms with E-state index in [0.717, 1.165) is 0 Å². The largest absolute Gasteiger partial charge is 0.378 e. The van der Waals surface area contributed by atoms with Crippen molar-refractivity contribution in [2.75, 3.05) is 19.0 Å². The summed E-state index contributed by atoms with van der Waals surface area (Å²) in [5.41, 5.74) is 6.53. The second kappa shape index (κ2) is 5.52. The summed E-state index contributed by atoms with van der Waals surface area (Å²) in [7, 11) is 4.08. The highest BCUT2D eigenvalue weighted by atomic mass is 32.1. The summed E-state index contributed by atoms with van der Waals surface area (Å²) in [5, 5.41) is 2.10. The van der Waals surface area contributed by atoms with Crippen LogP contribution in [0.25, 0.3) is 0 Å². The predicted molar refractivity (Wildman–Crippen MR) is 79.0 cm³/mol. The van der Waals surface area contributed by atoms with Crippen molar-refractivity contribution in [1.82, 2.24) is 5.43 Å². The second-order valence-corrected chi connectivity index (χ2v) is 5.64. The number of nitrogens with one attached hydrogen (secondary N) is 1. The smallest absolute Gasteiger partial charge is 0.0721 e. The molecule has 2 rings (SSSR count). The molecule has 3 nitrogen and oxygen atoms in total. The van der Waals surface area contributed by atoms with Crippen LogP contribution in [0.15, 0.2) is 35.7 Å². The number of hydrazine groups is 1. The Morgan fingerprint density at radius 2 is 2.06 bits per heavy atom. The standard InChI is InChI=1S/C14H19N3S/c1-10-13(7-8-18-10)14(16-15)11-5-4-6-12(9-11)17(2)3/h4-9,14,16H,15H2,1-3H3. The number of anilines is 1. The summed E-state index contributed by atoms with van der Waals surface area (Å²) in [6.45, 7) is 2.13. The summed E-state index contributed by atoms with van der Waals surface area (Å²) in [6, 6.07) is 10.6. The van der Waals surface area contributed by atoms with Crippen LogP contribution >= 0.6 is 11.3 Å². The summed E-state index contributed by atoms with van der Waals surface area (Å²) in [4.78, 5) is 3.39. The van der Waals surface area contributed by atoms with Gasteiger partial charge in [0.2, 0.25) is 0 Å². The Hall–Kier alpha value is -1.36. The van der Waals surface area contributed by atoms with Gasteiger partial charge in [0.05, 0.1) is 6.04 Å². The molecule has 96 valence electrons. The van der Waals surface area contributed by atoms with Gasteiger partial charge in [-0.3, -0.25) is 5.84 Å². The van der Waals surface area contributed by atoms with Crippen molar-refractivity contribution in [1.29, 1.82) is 0 Å². The summed E-state index contributed by atoms with van der Waals surface area (Å²) >= 11 is 1.75. The average Bonchev–Trinajstić information content (AvgIpc) is 2.77. The lowest BCUT2D eigenvalue weighted by atomic mass is 9.99. The minimum atomic E-state index is 0.0520. The van der Waals surface area contributed by atoms with Gasteiger partial charge in [-0.25, -0.2) is 5.43 Å². The minimum Gasteiger partial charge on any atom is -0.378 e. The lowest BCUT2D eigenvalue weighted by Crippen LogP contribution is -2.29. The molecule has 0 saturated carbocycles. The van der Waals surface area contributed by atoms with Crippen molar-refractivity contribution in [3.63, 3.8) is 0 Å². The third kappa shape index (κ3) is 2.56. The van der Waals surface area contributed by atoms with Gasteiger partial charge in [0.1, 0.15) is 0 Å². The Kier molecular flexibility index (Phi) is 4.01. The van der Waals surface area contributed by atoms with E-state index in [1.165, 1.54) is 21.7 Å². The number of hydrogen-bond acceptors (Lipinski definition) is 4. The quantitative estimate of drug-likeness (QED) is 0.657. The molecule has 1 atom stereocenters. The Bertz CT molecular complexity index is 519. The van der Waals surface area contributed by atoms with Gasteiger partial charge >= 0.3 is 0 Å². The molecule has 1 aromatic heterocycles. The van der Waals surface area contributed by atoms with Crippen molar-refractivity contribution in [3.8, 4) is 0 Å². The van der Waals surface area contributed by atoms with Gasteiger partial charge in [0.25, 0.3) is 0 Å². The molecule has 1 heterocycles. The first-order chi connectivity index (χ1) is 8.63. The van der Waals surface area contributed by atoms with Crippen molar-refractivity contribution in [2.24, 2.45) is 5.84 Å². The van der Waals surface area contributed by atoms with Crippen LogP contribution < -0.4 is 16.2 Å². The van der Waals surface area contributed by atoms with Crippen LogP contribution in [0.2, 0.25) is 0 Å². The van der Waals surface area contributed by atoms with Gasteiger partial charge in [0, 0.05) is 24.7 Å². The highest BCUT2D eigenvalue weighted by Crippen LogP contribution is 2.29. The molecule has 0 fully saturated rings. The Labute approximate surface area is 112 Å². The Balaban J connectivity index is 2.39. The number of nitrogens with zero attached hydrogens (tertiary/aromatic N) is 1. The van der Waals surface area contributed by atoms with Crippen LogP contribution in [-0.2, 0) is 0 Å². The van der Waals surface area contributed by atoms with Crippen LogP contribution in [0, 0.1) is 6.92 Å². The summed E-state index contributed by atoms with van der Waals surface area (Å²) < 4.78 is 0. The number of nitrogens with two attached hydrogens (primary N) is 1. The Morgan fingerprint density at radius 1 is 1.28 bits per heavy atom. The zero-order chi connectivity index (χ0) is 13.1. The number of rotatable bonds is 4. The highest BCUT2D eigenvalue weighted by Gasteiger charge is 2.15. The number of thiophene rings is 1. The highest BCUT2D eigenvalue weighted by molar-refractivity contribution is 7.10. The number of hydrogen-bond donors (Lipinski definition) is 2. The number of aryl methyl sites for hydroxylation is 1. The SMILES string of the molecule is Cc1sccc1C(NN)c1cccc(N(C)C)c1. The monoisotopic (exact) mass is 261 g/mol. The molecule has 0 aliphatic heterocycles. The molecule has 2 aromatic rings. The second-order valence-electron chi connectivity index (χ2n) is 4.52. The molecule has 0 bridgehead atoms. The fraction of sp³-hybridized carbons (Fsp3) is 0.286. The van der Waals surface area contributed by atoms with Crippen LogP contribution in [0.1, 0.15) is 22.0 Å². The lowest BCUT2D eigenvalue weighted by molar-refractivity contribution is 0.636. The first-order valence-corrected chi connectivity index (χ1v) is 6.79. The fourth-order valence-electron chi connectivity index (χ4n) is 2.04. The van der Waals surface area contributed by atoms with E-state index in [4.69, 9.17) is 5.84 Å². The van der Waals surface area contributed by atoms with E-state index in [1.807, 2.05) is 14.1 Å². The number of benzene rings is 1. The van der Waals surface area contributed by atoms with Crippen molar-refractivity contribution < 1.29 is 0 Å². The molecule has 0 spiro atoms. The molecule has 1 unspecified atom stereocenters. The van der Waals surface area contributed by atoms with Gasteiger partial charge in [-0.15, -0.1) is 11.3 Å². The van der Waals surface area contributed by atoms with E-state index in [-0.39, 0.29) is 6.04 Å². The van der Waals surface area contributed by atoms with Gasteiger partial charge < -0.3 is 4.90 Å². The summed E-state index contributed by atoms with van der Waals surface area (Å²) in [6.07, 6.45) is 0. The molecule has 0 radical (unpaired) electrons. The van der Waals surface area contributed by atoms with Crippen molar-refractivity contribution in [3.05, 3.63) is 51.7 Å². The molecule has 4 heteroatoms. The van der Waals surface area contributed by atoms with Crippen LogP contribution in [0.3, 0.4) is 0 Å². The maximum Gasteiger partial charge on any atom is 0.0721 e. The molecule has 1 aromatic carbocycles. The third-order valence-corrected chi connectivity index (χ3v) is 3.96. The van der Waals surface area contributed by atoms with Crippen LogP contribution in [0.5, 0.6) is 0 Å². The van der Waals surface area contributed by atoms with Gasteiger partial charge in [-0.2, -0.15) is 0 Å². The maximum atomic E-state index is 5.73. The van der Waals surface area contributed by atoms with E-state index >= 15 is 0 Å². The molecule has 0 amide bonds. The molecule has 0 saturated heterocycles. The summed E-state index contributed by atoms with van der Waals surface area (Å²) in [5.74, 6) is 5.73. The van der Waals surface area contributed by atoms with E-state index in [2.05, 4.69) is 53.0 Å². The van der Waals surface area contributed by atoms with E-state index in [9.17, 15) is 0 Å². The zero-order valence-corrected chi connectivity index (χ0v) is 11.8. The van der Waals surface area contributed by atoms with Crippen molar-refractivity contribution >= 4 is 17.0 Å². The van der Waals surface area contributed by atoms with Gasteiger partial charge in [-0.1, -0.05) is 12.1 Å². The Morgan fingerprint density at radius 3 is 2.61 bits per heavy atom. The fourth-order valence-corrected chi connectivity index (χ4v) is 2.78.